The molecule has 0 aliphatic heterocycles. The summed E-state index contributed by atoms with van der Waals surface area (Å²) in [6.07, 6.45) is 0.907. The lowest BCUT2D eigenvalue weighted by atomic mass is 10.1. The molecule has 0 saturated carbocycles. The van der Waals surface area contributed by atoms with E-state index in [-0.39, 0.29) is 0 Å². The number of hydrogen-bond donors (Lipinski definition) is 0. The molecule has 0 spiro atoms. The zero-order valence-electron chi connectivity index (χ0n) is 9.66. The van der Waals surface area contributed by atoms with E-state index >= 15 is 0 Å². The highest BCUT2D eigenvalue weighted by Gasteiger charge is 2.12. The molecule has 0 radical (unpaired) electrons. The first-order chi connectivity index (χ1) is 7.11. The maximum absolute atomic E-state index is 4.63. The number of nitrogens with zero attached hydrogens (tertiary/aromatic N) is 2. The van der Waals surface area contributed by atoms with Gasteiger partial charge in [0.25, 0.3) is 0 Å². The van der Waals surface area contributed by atoms with E-state index in [0.29, 0.717) is 5.92 Å². The minimum absolute atomic E-state index is 0.471. The number of rotatable bonds is 2. The van der Waals surface area contributed by atoms with Crippen LogP contribution in [-0.2, 0) is 6.42 Å². The van der Waals surface area contributed by atoms with E-state index in [1.54, 1.807) is 11.3 Å². The van der Waals surface area contributed by atoms with Crippen molar-refractivity contribution in [3.8, 4) is 0 Å². The maximum atomic E-state index is 4.63. The van der Waals surface area contributed by atoms with Crippen molar-refractivity contribution in [1.29, 1.82) is 0 Å². The molecule has 2 rings (SSSR count). The van der Waals surface area contributed by atoms with Crippen molar-refractivity contribution < 1.29 is 0 Å². The lowest BCUT2D eigenvalue weighted by Gasteiger charge is -2.07. The largest absolute Gasteiger partial charge is 0.236 e. The Labute approximate surface area is 94.4 Å². The van der Waals surface area contributed by atoms with Gasteiger partial charge in [0.2, 0.25) is 0 Å². The van der Waals surface area contributed by atoms with Crippen LogP contribution >= 0.6 is 11.3 Å². The van der Waals surface area contributed by atoms with Crippen molar-refractivity contribution in [3.05, 3.63) is 22.5 Å². The third kappa shape index (κ3) is 1.88. The lowest BCUT2D eigenvalue weighted by molar-refractivity contribution is 0.806. The monoisotopic (exact) mass is 220 g/mol. The summed E-state index contributed by atoms with van der Waals surface area (Å²) in [5, 5.41) is 0. The first-order valence-corrected chi connectivity index (χ1v) is 6.20. The van der Waals surface area contributed by atoms with Crippen LogP contribution in [0.3, 0.4) is 0 Å². The molecule has 0 unspecified atom stereocenters. The van der Waals surface area contributed by atoms with Crippen LogP contribution in [0.4, 0.5) is 0 Å². The maximum Gasteiger partial charge on any atom is 0.129 e. The van der Waals surface area contributed by atoms with Crippen LogP contribution in [0.2, 0.25) is 0 Å². The third-order valence-corrected chi connectivity index (χ3v) is 3.49. The molecule has 0 atom stereocenters. The molecule has 0 N–H and O–H groups in total. The minimum atomic E-state index is 0.471. The van der Waals surface area contributed by atoms with Crippen LogP contribution in [0.15, 0.2) is 6.07 Å². The van der Waals surface area contributed by atoms with Crippen LogP contribution in [-0.4, -0.2) is 9.97 Å². The number of aryl methyl sites for hydroxylation is 2. The van der Waals surface area contributed by atoms with Crippen LogP contribution < -0.4 is 0 Å². The van der Waals surface area contributed by atoms with E-state index in [4.69, 9.17) is 0 Å². The van der Waals surface area contributed by atoms with Gasteiger partial charge in [-0.25, -0.2) is 9.97 Å². The molecular formula is C12H16N2S. The van der Waals surface area contributed by atoms with Gasteiger partial charge in [0.15, 0.2) is 0 Å². The van der Waals surface area contributed by atoms with Crippen molar-refractivity contribution in [2.45, 2.75) is 40.0 Å². The standard InChI is InChI=1S/C12H16N2S/c1-5-10-13-9-6-8(4)15-12(9)11(14-10)7(2)3/h6-7H,5H2,1-4H3. The molecule has 0 saturated heterocycles. The fourth-order valence-corrected chi connectivity index (χ4v) is 2.76. The van der Waals surface area contributed by atoms with Crippen molar-refractivity contribution in [1.82, 2.24) is 9.97 Å². The van der Waals surface area contributed by atoms with Crippen LogP contribution in [0.1, 0.15) is 43.1 Å². The van der Waals surface area contributed by atoms with Gasteiger partial charge in [-0.3, -0.25) is 0 Å². The molecular weight excluding hydrogens is 204 g/mol. The van der Waals surface area contributed by atoms with Crippen molar-refractivity contribution >= 4 is 21.6 Å². The highest BCUT2D eigenvalue weighted by molar-refractivity contribution is 7.19. The Kier molecular flexibility index (Phi) is 2.74. The summed E-state index contributed by atoms with van der Waals surface area (Å²) in [6, 6.07) is 2.16. The predicted molar refractivity (Wildman–Crippen MR) is 65.6 cm³/mol. The summed E-state index contributed by atoms with van der Waals surface area (Å²) in [6.45, 7) is 8.61. The smallest absolute Gasteiger partial charge is 0.129 e. The molecule has 15 heavy (non-hydrogen) atoms. The fourth-order valence-electron chi connectivity index (χ4n) is 1.67. The normalized spacial score (nSPS) is 11.5. The Morgan fingerprint density at radius 1 is 1.33 bits per heavy atom. The van der Waals surface area contributed by atoms with Gasteiger partial charge in [0.05, 0.1) is 15.9 Å². The number of thiophene rings is 1. The summed E-state index contributed by atoms with van der Waals surface area (Å²) >= 11 is 1.80. The van der Waals surface area contributed by atoms with E-state index in [1.807, 2.05) is 0 Å². The minimum Gasteiger partial charge on any atom is -0.236 e. The molecule has 80 valence electrons. The molecule has 3 heteroatoms. The van der Waals surface area contributed by atoms with Gasteiger partial charge in [-0.2, -0.15) is 0 Å². The zero-order chi connectivity index (χ0) is 11.0. The highest BCUT2D eigenvalue weighted by atomic mass is 32.1. The SMILES string of the molecule is CCc1nc(C(C)C)c2sc(C)cc2n1. The number of hydrogen-bond acceptors (Lipinski definition) is 3. The van der Waals surface area contributed by atoms with E-state index in [1.165, 1.54) is 15.3 Å². The second-order valence-electron chi connectivity index (χ2n) is 4.10. The van der Waals surface area contributed by atoms with Gasteiger partial charge in [0, 0.05) is 11.3 Å². The van der Waals surface area contributed by atoms with E-state index in [9.17, 15) is 0 Å². The first-order valence-electron chi connectivity index (χ1n) is 5.38. The van der Waals surface area contributed by atoms with Crippen molar-refractivity contribution in [2.24, 2.45) is 0 Å². The quantitative estimate of drug-likeness (QED) is 0.771. The van der Waals surface area contributed by atoms with Gasteiger partial charge in [-0.15, -0.1) is 11.3 Å². The topological polar surface area (TPSA) is 25.8 Å². The lowest BCUT2D eigenvalue weighted by Crippen LogP contribution is -2.00. The van der Waals surface area contributed by atoms with Crippen molar-refractivity contribution in [2.75, 3.05) is 0 Å². The Morgan fingerprint density at radius 2 is 2.07 bits per heavy atom. The summed E-state index contributed by atoms with van der Waals surface area (Å²) in [5.74, 6) is 1.43. The van der Waals surface area contributed by atoms with Crippen LogP contribution in [0.5, 0.6) is 0 Å². The summed E-state index contributed by atoms with van der Waals surface area (Å²) < 4.78 is 1.26. The van der Waals surface area contributed by atoms with Gasteiger partial charge in [-0.05, 0) is 18.9 Å². The molecule has 0 aliphatic carbocycles. The average molecular weight is 220 g/mol. The summed E-state index contributed by atoms with van der Waals surface area (Å²) in [7, 11) is 0. The molecule has 0 bridgehead atoms. The fraction of sp³-hybridized carbons (Fsp3) is 0.500. The molecule has 0 fully saturated rings. The number of fused-ring (bicyclic) bond motifs is 1. The first kappa shape index (κ1) is 10.6. The molecule has 2 aromatic heterocycles. The Bertz CT molecular complexity index is 486. The van der Waals surface area contributed by atoms with Crippen LogP contribution in [0.25, 0.3) is 10.2 Å². The third-order valence-electron chi connectivity index (χ3n) is 2.43. The van der Waals surface area contributed by atoms with Gasteiger partial charge < -0.3 is 0 Å². The predicted octanol–water partition coefficient (Wildman–Crippen LogP) is 3.69. The van der Waals surface area contributed by atoms with Gasteiger partial charge >= 0.3 is 0 Å². The van der Waals surface area contributed by atoms with E-state index in [0.717, 1.165) is 17.8 Å². The Morgan fingerprint density at radius 3 is 2.67 bits per heavy atom. The second-order valence-corrected chi connectivity index (χ2v) is 5.36. The molecule has 0 aliphatic rings. The second kappa shape index (κ2) is 3.89. The molecule has 2 aromatic rings. The van der Waals surface area contributed by atoms with Crippen LogP contribution in [0, 0.1) is 6.92 Å². The molecule has 2 heterocycles. The van der Waals surface area contributed by atoms with Crippen molar-refractivity contribution in [3.63, 3.8) is 0 Å². The van der Waals surface area contributed by atoms with E-state index in [2.05, 4.69) is 43.7 Å². The number of aromatic nitrogens is 2. The Hall–Kier alpha value is -0.960. The zero-order valence-corrected chi connectivity index (χ0v) is 10.5. The summed E-state index contributed by atoms with van der Waals surface area (Å²) in [4.78, 5) is 10.5. The Balaban J connectivity index is 2.73. The molecule has 0 aromatic carbocycles. The highest BCUT2D eigenvalue weighted by Crippen LogP contribution is 2.30. The summed E-state index contributed by atoms with van der Waals surface area (Å²) in [5.41, 5.74) is 2.32. The molecule has 2 nitrogen and oxygen atoms in total. The van der Waals surface area contributed by atoms with E-state index < -0.39 is 0 Å². The average Bonchev–Trinajstić information content (AvgIpc) is 2.55. The molecule has 0 amide bonds. The van der Waals surface area contributed by atoms with Gasteiger partial charge in [0.1, 0.15) is 5.82 Å². The van der Waals surface area contributed by atoms with Gasteiger partial charge in [-0.1, -0.05) is 20.8 Å².